The molecular weight excluding hydrogens is 268 g/mol. The Morgan fingerprint density at radius 2 is 1.86 bits per heavy atom. The van der Waals surface area contributed by atoms with Crippen LogP contribution in [0.4, 0.5) is 0 Å². The summed E-state index contributed by atoms with van der Waals surface area (Å²) in [6.45, 7) is 0.486. The third-order valence-corrected chi connectivity index (χ3v) is 3.28. The van der Waals surface area contributed by atoms with E-state index in [1.807, 2.05) is 30.3 Å². The summed E-state index contributed by atoms with van der Waals surface area (Å²) in [6.07, 6.45) is 0. The van der Waals surface area contributed by atoms with Crippen LogP contribution in [0.1, 0.15) is 16.1 Å². The van der Waals surface area contributed by atoms with E-state index in [9.17, 15) is 14.7 Å². The van der Waals surface area contributed by atoms with Crippen LogP contribution in [-0.2, 0) is 13.6 Å². The molecule has 110 valence electrons. The van der Waals surface area contributed by atoms with Crippen molar-refractivity contribution in [2.75, 3.05) is 13.2 Å². The van der Waals surface area contributed by atoms with Crippen molar-refractivity contribution in [2.45, 2.75) is 6.54 Å². The van der Waals surface area contributed by atoms with E-state index >= 15 is 0 Å². The number of nitrogens with zero attached hydrogens (tertiary/aromatic N) is 2. The van der Waals surface area contributed by atoms with Crippen LogP contribution >= 0.6 is 0 Å². The molecule has 0 unspecified atom stereocenters. The van der Waals surface area contributed by atoms with E-state index in [1.54, 1.807) is 19.2 Å². The quantitative estimate of drug-likeness (QED) is 0.892. The normalized spacial score (nSPS) is 10.4. The molecule has 0 saturated heterocycles. The SMILES string of the molecule is Cn1c(C(=O)N(CCO)Cc2ccccc2)cccc1=O. The molecule has 0 aliphatic heterocycles. The number of hydrogen-bond acceptors (Lipinski definition) is 3. The number of hydrogen-bond donors (Lipinski definition) is 1. The number of amides is 1. The second-order valence-corrected chi connectivity index (χ2v) is 4.74. The Morgan fingerprint density at radius 3 is 2.52 bits per heavy atom. The second-order valence-electron chi connectivity index (χ2n) is 4.74. The highest BCUT2D eigenvalue weighted by atomic mass is 16.3. The molecule has 0 fully saturated rings. The van der Waals surface area contributed by atoms with Crippen LogP contribution in [-0.4, -0.2) is 33.6 Å². The van der Waals surface area contributed by atoms with E-state index in [1.165, 1.54) is 15.5 Å². The molecule has 21 heavy (non-hydrogen) atoms. The van der Waals surface area contributed by atoms with Gasteiger partial charge in [-0.3, -0.25) is 9.59 Å². The number of carbonyl (C=O) groups is 1. The first kappa shape index (κ1) is 15.0. The fourth-order valence-corrected chi connectivity index (χ4v) is 2.12. The summed E-state index contributed by atoms with van der Waals surface area (Å²) in [6, 6.07) is 14.1. The number of aliphatic hydroxyl groups is 1. The molecule has 0 aliphatic rings. The fraction of sp³-hybridized carbons (Fsp3) is 0.250. The molecule has 0 radical (unpaired) electrons. The van der Waals surface area contributed by atoms with Gasteiger partial charge in [0.1, 0.15) is 5.69 Å². The average molecular weight is 286 g/mol. The van der Waals surface area contributed by atoms with Crippen LogP contribution < -0.4 is 5.56 Å². The molecule has 1 N–H and O–H groups in total. The van der Waals surface area contributed by atoms with Gasteiger partial charge in [0.25, 0.3) is 11.5 Å². The predicted molar refractivity (Wildman–Crippen MR) is 80.0 cm³/mol. The van der Waals surface area contributed by atoms with Crippen molar-refractivity contribution in [1.29, 1.82) is 0 Å². The zero-order valence-electron chi connectivity index (χ0n) is 11.9. The predicted octanol–water partition coefficient (Wildman–Crippen LogP) is 1.02. The summed E-state index contributed by atoms with van der Waals surface area (Å²) in [5.41, 5.74) is 1.05. The van der Waals surface area contributed by atoms with Gasteiger partial charge in [0.2, 0.25) is 0 Å². The van der Waals surface area contributed by atoms with Gasteiger partial charge in [-0.25, -0.2) is 0 Å². The Labute approximate surface area is 123 Å². The minimum Gasteiger partial charge on any atom is -0.395 e. The highest BCUT2D eigenvalue weighted by molar-refractivity contribution is 5.92. The molecule has 2 aromatic rings. The van der Waals surface area contributed by atoms with Gasteiger partial charge in [0, 0.05) is 26.2 Å². The molecule has 0 bridgehead atoms. The maximum Gasteiger partial charge on any atom is 0.270 e. The van der Waals surface area contributed by atoms with Gasteiger partial charge in [-0.05, 0) is 11.6 Å². The molecule has 5 heteroatoms. The van der Waals surface area contributed by atoms with Gasteiger partial charge < -0.3 is 14.6 Å². The summed E-state index contributed by atoms with van der Waals surface area (Å²) in [5.74, 6) is -0.270. The number of benzene rings is 1. The number of rotatable bonds is 5. The van der Waals surface area contributed by atoms with Crippen molar-refractivity contribution in [3.63, 3.8) is 0 Å². The third-order valence-electron chi connectivity index (χ3n) is 3.28. The monoisotopic (exact) mass is 286 g/mol. The lowest BCUT2D eigenvalue weighted by Gasteiger charge is -2.22. The number of aromatic nitrogens is 1. The topological polar surface area (TPSA) is 62.5 Å². The molecule has 0 saturated carbocycles. The standard InChI is InChI=1S/C16H18N2O3/c1-17-14(8-5-9-15(17)20)16(21)18(10-11-19)12-13-6-3-2-4-7-13/h2-9,19H,10-12H2,1H3. The Balaban J connectivity index is 2.27. The number of aliphatic hydroxyl groups excluding tert-OH is 1. The molecule has 1 aromatic carbocycles. The van der Waals surface area contributed by atoms with Crippen molar-refractivity contribution >= 4 is 5.91 Å². The van der Waals surface area contributed by atoms with E-state index in [0.717, 1.165) is 5.56 Å². The third kappa shape index (κ3) is 3.58. The van der Waals surface area contributed by atoms with Crippen LogP contribution in [0.3, 0.4) is 0 Å². The molecule has 2 rings (SSSR count). The second kappa shape index (κ2) is 6.85. The van der Waals surface area contributed by atoms with Crippen LogP contribution in [0.2, 0.25) is 0 Å². The van der Waals surface area contributed by atoms with Gasteiger partial charge in [0.05, 0.1) is 6.61 Å². The van der Waals surface area contributed by atoms with Crippen molar-refractivity contribution in [3.05, 3.63) is 70.1 Å². The van der Waals surface area contributed by atoms with Gasteiger partial charge in [-0.1, -0.05) is 36.4 Å². The lowest BCUT2D eigenvalue weighted by molar-refractivity contribution is 0.0696. The van der Waals surface area contributed by atoms with E-state index in [2.05, 4.69) is 0 Å². The molecule has 1 amide bonds. The molecule has 1 heterocycles. The number of carbonyl (C=O) groups excluding carboxylic acids is 1. The first-order valence-corrected chi connectivity index (χ1v) is 6.73. The minimum atomic E-state index is -0.270. The van der Waals surface area contributed by atoms with Gasteiger partial charge in [0.15, 0.2) is 0 Å². The van der Waals surface area contributed by atoms with Gasteiger partial charge >= 0.3 is 0 Å². The maximum absolute atomic E-state index is 12.6. The highest BCUT2D eigenvalue weighted by Crippen LogP contribution is 2.08. The van der Waals surface area contributed by atoms with Crippen LogP contribution in [0.5, 0.6) is 0 Å². The van der Waals surface area contributed by atoms with Crippen LogP contribution in [0, 0.1) is 0 Å². The first-order chi connectivity index (χ1) is 10.1. The summed E-state index contributed by atoms with van der Waals surface area (Å²) in [5, 5.41) is 9.17. The molecule has 5 nitrogen and oxygen atoms in total. The van der Waals surface area contributed by atoms with E-state index < -0.39 is 0 Å². The van der Waals surface area contributed by atoms with Crippen molar-refractivity contribution < 1.29 is 9.90 Å². The Bertz CT molecular complexity index is 665. The Hall–Kier alpha value is -2.40. The highest BCUT2D eigenvalue weighted by Gasteiger charge is 2.18. The van der Waals surface area contributed by atoms with E-state index in [-0.39, 0.29) is 24.6 Å². The molecule has 0 atom stereocenters. The minimum absolute atomic E-state index is 0.126. The maximum atomic E-state index is 12.6. The molecular formula is C16H18N2O3. The Kier molecular flexibility index (Phi) is 4.90. The lowest BCUT2D eigenvalue weighted by atomic mass is 10.2. The summed E-state index contributed by atoms with van der Waals surface area (Å²) in [4.78, 5) is 25.7. The summed E-state index contributed by atoms with van der Waals surface area (Å²) in [7, 11) is 1.56. The molecule has 0 aliphatic carbocycles. The zero-order chi connectivity index (χ0) is 15.2. The van der Waals surface area contributed by atoms with Crippen molar-refractivity contribution in [3.8, 4) is 0 Å². The van der Waals surface area contributed by atoms with E-state index in [4.69, 9.17) is 0 Å². The summed E-state index contributed by atoms with van der Waals surface area (Å²) < 4.78 is 1.32. The van der Waals surface area contributed by atoms with Gasteiger partial charge in [-0.2, -0.15) is 0 Å². The van der Waals surface area contributed by atoms with Crippen LogP contribution in [0.15, 0.2) is 53.3 Å². The smallest absolute Gasteiger partial charge is 0.270 e. The first-order valence-electron chi connectivity index (χ1n) is 6.73. The molecule has 1 aromatic heterocycles. The zero-order valence-corrected chi connectivity index (χ0v) is 11.9. The largest absolute Gasteiger partial charge is 0.395 e. The number of pyridine rings is 1. The van der Waals surface area contributed by atoms with Crippen LogP contribution in [0.25, 0.3) is 0 Å². The molecule has 0 spiro atoms. The Morgan fingerprint density at radius 1 is 1.14 bits per heavy atom. The van der Waals surface area contributed by atoms with E-state index in [0.29, 0.717) is 12.2 Å². The summed E-state index contributed by atoms with van der Waals surface area (Å²) >= 11 is 0. The average Bonchev–Trinajstić information content (AvgIpc) is 2.50. The van der Waals surface area contributed by atoms with Gasteiger partial charge in [-0.15, -0.1) is 0 Å². The van der Waals surface area contributed by atoms with Crippen molar-refractivity contribution in [1.82, 2.24) is 9.47 Å². The fourth-order valence-electron chi connectivity index (χ4n) is 2.12. The lowest BCUT2D eigenvalue weighted by Crippen LogP contribution is -2.36. The van der Waals surface area contributed by atoms with Crippen molar-refractivity contribution in [2.24, 2.45) is 7.05 Å².